The zero-order valence-corrected chi connectivity index (χ0v) is 12.6. The van der Waals surface area contributed by atoms with E-state index in [1.807, 2.05) is 42.5 Å². The van der Waals surface area contributed by atoms with Gasteiger partial charge < -0.3 is 15.8 Å². The first-order valence-electron chi connectivity index (χ1n) is 6.06. The standard InChI is InChI=1S/C15H15BrN2O2/c1-20-15(19)14(10-5-3-2-4-6-10)18-13-8-7-11(16)9-12(13)17/h2-9,14,18H,17H2,1H3. The topological polar surface area (TPSA) is 64.3 Å². The van der Waals surface area contributed by atoms with Crippen LogP contribution in [-0.4, -0.2) is 13.1 Å². The van der Waals surface area contributed by atoms with Crippen molar-refractivity contribution in [1.29, 1.82) is 0 Å². The van der Waals surface area contributed by atoms with Crippen molar-refractivity contribution in [1.82, 2.24) is 0 Å². The van der Waals surface area contributed by atoms with Crippen molar-refractivity contribution >= 4 is 33.3 Å². The van der Waals surface area contributed by atoms with Crippen molar-refractivity contribution in [3.8, 4) is 0 Å². The molecule has 0 amide bonds. The van der Waals surface area contributed by atoms with E-state index >= 15 is 0 Å². The molecule has 0 heterocycles. The highest BCUT2D eigenvalue weighted by Gasteiger charge is 2.21. The molecule has 0 aromatic heterocycles. The molecular formula is C15H15BrN2O2. The average molecular weight is 335 g/mol. The Balaban J connectivity index is 2.31. The summed E-state index contributed by atoms with van der Waals surface area (Å²) in [4.78, 5) is 12.0. The minimum absolute atomic E-state index is 0.362. The SMILES string of the molecule is COC(=O)C(Nc1ccc(Br)cc1N)c1ccccc1. The molecule has 0 saturated carbocycles. The molecule has 0 spiro atoms. The van der Waals surface area contributed by atoms with Crippen molar-refractivity contribution in [2.24, 2.45) is 0 Å². The number of hydrogen-bond acceptors (Lipinski definition) is 4. The lowest BCUT2D eigenvalue weighted by molar-refractivity contribution is -0.141. The fourth-order valence-corrected chi connectivity index (χ4v) is 2.24. The van der Waals surface area contributed by atoms with Gasteiger partial charge in [-0.05, 0) is 23.8 Å². The Bertz CT molecular complexity index is 602. The molecule has 0 bridgehead atoms. The number of carbonyl (C=O) groups excluding carboxylic acids is 1. The van der Waals surface area contributed by atoms with Crippen LogP contribution in [0.4, 0.5) is 11.4 Å². The van der Waals surface area contributed by atoms with Crippen LogP contribution < -0.4 is 11.1 Å². The van der Waals surface area contributed by atoms with Crippen LogP contribution in [0.5, 0.6) is 0 Å². The van der Waals surface area contributed by atoms with E-state index in [-0.39, 0.29) is 5.97 Å². The van der Waals surface area contributed by atoms with Gasteiger partial charge in [0.2, 0.25) is 0 Å². The number of anilines is 2. The molecule has 2 aromatic carbocycles. The Labute approximate surface area is 126 Å². The van der Waals surface area contributed by atoms with Gasteiger partial charge in [-0.15, -0.1) is 0 Å². The Morgan fingerprint density at radius 1 is 1.25 bits per heavy atom. The molecule has 4 nitrogen and oxygen atoms in total. The maximum Gasteiger partial charge on any atom is 0.332 e. The molecule has 0 aliphatic heterocycles. The van der Waals surface area contributed by atoms with Gasteiger partial charge in [-0.2, -0.15) is 0 Å². The molecule has 1 atom stereocenters. The lowest BCUT2D eigenvalue weighted by atomic mass is 10.1. The molecule has 0 aliphatic carbocycles. The van der Waals surface area contributed by atoms with Crippen LogP contribution in [0, 0.1) is 0 Å². The Hall–Kier alpha value is -2.01. The second kappa shape index (κ2) is 6.43. The first kappa shape index (κ1) is 14.4. The molecule has 0 aliphatic rings. The van der Waals surface area contributed by atoms with Gasteiger partial charge in [0, 0.05) is 4.47 Å². The summed E-state index contributed by atoms with van der Waals surface area (Å²) in [7, 11) is 1.37. The lowest BCUT2D eigenvalue weighted by Crippen LogP contribution is -2.22. The highest BCUT2D eigenvalue weighted by Crippen LogP contribution is 2.27. The predicted octanol–water partition coefficient (Wildman–Crippen LogP) is 3.36. The van der Waals surface area contributed by atoms with Crippen molar-refractivity contribution in [3.05, 3.63) is 58.6 Å². The summed E-state index contributed by atoms with van der Waals surface area (Å²) in [5, 5.41) is 3.12. The normalized spacial score (nSPS) is 11.7. The number of hydrogen-bond donors (Lipinski definition) is 2. The summed E-state index contributed by atoms with van der Waals surface area (Å²) < 4.78 is 5.74. The van der Waals surface area contributed by atoms with Crippen LogP contribution in [0.2, 0.25) is 0 Å². The Morgan fingerprint density at radius 3 is 2.55 bits per heavy atom. The Morgan fingerprint density at radius 2 is 1.95 bits per heavy atom. The Kier molecular flexibility index (Phi) is 4.63. The summed E-state index contributed by atoms with van der Waals surface area (Å²) in [5.74, 6) is -0.362. The van der Waals surface area contributed by atoms with Gasteiger partial charge in [-0.1, -0.05) is 46.3 Å². The van der Waals surface area contributed by atoms with Gasteiger partial charge in [-0.25, -0.2) is 4.79 Å². The number of esters is 1. The van der Waals surface area contributed by atoms with Crippen molar-refractivity contribution < 1.29 is 9.53 Å². The molecule has 0 saturated heterocycles. The minimum atomic E-state index is -0.593. The lowest BCUT2D eigenvalue weighted by Gasteiger charge is -2.19. The number of methoxy groups -OCH3 is 1. The van der Waals surface area contributed by atoms with Gasteiger partial charge in [0.1, 0.15) is 0 Å². The fourth-order valence-electron chi connectivity index (χ4n) is 1.86. The number of halogens is 1. The van der Waals surface area contributed by atoms with Gasteiger partial charge in [0.05, 0.1) is 18.5 Å². The number of nitrogens with one attached hydrogen (secondary N) is 1. The second-order valence-corrected chi connectivity index (χ2v) is 5.16. The van der Waals surface area contributed by atoms with Crippen molar-refractivity contribution in [3.63, 3.8) is 0 Å². The summed E-state index contributed by atoms with van der Waals surface area (Å²) >= 11 is 3.35. The van der Waals surface area contributed by atoms with E-state index in [4.69, 9.17) is 10.5 Å². The highest BCUT2D eigenvalue weighted by molar-refractivity contribution is 9.10. The van der Waals surface area contributed by atoms with E-state index in [0.717, 1.165) is 10.0 Å². The molecule has 2 rings (SSSR count). The number of nitrogens with two attached hydrogens (primary N) is 1. The number of benzene rings is 2. The molecule has 5 heteroatoms. The molecule has 3 N–H and O–H groups in total. The molecule has 104 valence electrons. The molecule has 0 radical (unpaired) electrons. The summed E-state index contributed by atoms with van der Waals surface area (Å²) in [6, 6.07) is 14.2. The smallest absolute Gasteiger partial charge is 0.332 e. The number of carbonyl (C=O) groups is 1. The van der Waals surface area contributed by atoms with Crippen LogP contribution in [-0.2, 0) is 9.53 Å². The van der Waals surface area contributed by atoms with Gasteiger partial charge in [-0.3, -0.25) is 0 Å². The van der Waals surface area contributed by atoms with Crippen LogP contribution >= 0.6 is 15.9 Å². The minimum Gasteiger partial charge on any atom is -0.467 e. The van der Waals surface area contributed by atoms with E-state index in [9.17, 15) is 4.79 Å². The number of nitrogen functional groups attached to an aromatic ring is 1. The fraction of sp³-hybridized carbons (Fsp3) is 0.133. The summed E-state index contributed by atoms with van der Waals surface area (Å²) in [6.45, 7) is 0. The van der Waals surface area contributed by atoms with Gasteiger partial charge in [0.25, 0.3) is 0 Å². The molecule has 20 heavy (non-hydrogen) atoms. The van der Waals surface area contributed by atoms with E-state index in [2.05, 4.69) is 21.2 Å². The molecule has 2 aromatic rings. The largest absolute Gasteiger partial charge is 0.467 e. The van der Waals surface area contributed by atoms with E-state index in [1.54, 1.807) is 6.07 Å². The predicted molar refractivity (Wildman–Crippen MR) is 83.4 cm³/mol. The van der Waals surface area contributed by atoms with Crippen LogP contribution in [0.25, 0.3) is 0 Å². The average Bonchev–Trinajstić information content (AvgIpc) is 2.46. The third-order valence-electron chi connectivity index (χ3n) is 2.88. The monoisotopic (exact) mass is 334 g/mol. The third-order valence-corrected chi connectivity index (χ3v) is 3.38. The van der Waals surface area contributed by atoms with Crippen LogP contribution in [0.1, 0.15) is 11.6 Å². The van der Waals surface area contributed by atoms with Gasteiger partial charge in [0.15, 0.2) is 6.04 Å². The number of ether oxygens (including phenoxy) is 1. The number of rotatable bonds is 4. The van der Waals surface area contributed by atoms with Crippen molar-refractivity contribution in [2.45, 2.75) is 6.04 Å². The quantitative estimate of drug-likeness (QED) is 0.664. The van der Waals surface area contributed by atoms with Gasteiger partial charge >= 0.3 is 5.97 Å². The maximum absolute atomic E-state index is 12.0. The van der Waals surface area contributed by atoms with E-state index < -0.39 is 6.04 Å². The summed E-state index contributed by atoms with van der Waals surface area (Å²) in [5.41, 5.74) is 8.01. The zero-order valence-electron chi connectivity index (χ0n) is 11.0. The van der Waals surface area contributed by atoms with Crippen LogP contribution in [0.3, 0.4) is 0 Å². The van der Waals surface area contributed by atoms with Crippen LogP contribution in [0.15, 0.2) is 53.0 Å². The summed E-state index contributed by atoms with van der Waals surface area (Å²) in [6.07, 6.45) is 0. The molecule has 1 unspecified atom stereocenters. The molecule has 0 fully saturated rings. The maximum atomic E-state index is 12.0. The second-order valence-electron chi connectivity index (χ2n) is 4.24. The first-order chi connectivity index (χ1) is 9.61. The van der Waals surface area contributed by atoms with Crippen molar-refractivity contribution in [2.75, 3.05) is 18.2 Å². The molecular weight excluding hydrogens is 320 g/mol. The van der Waals surface area contributed by atoms with E-state index in [0.29, 0.717) is 11.4 Å². The first-order valence-corrected chi connectivity index (χ1v) is 6.85. The highest BCUT2D eigenvalue weighted by atomic mass is 79.9. The zero-order chi connectivity index (χ0) is 14.5. The van der Waals surface area contributed by atoms with E-state index in [1.165, 1.54) is 7.11 Å². The third kappa shape index (κ3) is 3.30.